The summed E-state index contributed by atoms with van der Waals surface area (Å²) in [6, 6.07) is 2.09. The van der Waals surface area contributed by atoms with Gasteiger partial charge in [-0.3, -0.25) is 4.90 Å². The molecule has 0 amide bonds. The second-order valence-electron chi connectivity index (χ2n) is 6.78. The topological polar surface area (TPSA) is 68.9 Å². The molecule has 24 heavy (non-hydrogen) atoms. The fourth-order valence-electron chi connectivity index (χ4n) is 3.10. The van der Waals surface area contributed by atoms with Gasteiger partial charge in [0.25, 0.3) is 0 Å². The third-order valence-corrected chi connectivity index (χ3v) is 4.51. The number of fused-ring (bicyclic) bond motifs is 1. The smallest absolute Gasteiger partial charge is 0.186 e. The van der Waals surface area contributed by atoms with Crippen LogP contribution in [0.25, 0.3) is 10.9 Å². The molecule has 3 heterocycles. The van der Waals surface area contributed by atoms with Gasteiger partial charge in [0.1, 0.15) is 23.7 Å². The Bertz CT molecular complexity index is 813. The Kier molecular flexibility index (Phi) is 4.28. The number of piperazine rings is 1. The molecule has 0 N–H and O–H groups in total. The molecule has 1 aliphatic rings. The van der Waals surface area contributed by atoms with Gasteiger partial charge in [0.2, 0.25) is 0 Å². The maximum absolute atomic E-state index is 14.1. The van der Waals surface area contributed by atoms with E-state index in [1.807, 2.05) is 4.90 Å². The predicted octanol–water partition coefficient (Wildman–Crippen LogP) is 2.63. The number of aromatic nitrogens is 3. The van der Waals surface area contributed by atoms with E-state index in [9.17, 15) is 9.65 Å². The lowest BCUT2D eigenvalue weighted by Gasteiger charge is -2.45. The van der Waals surface area contributed by atoms with Crippen molar-refractivity contribution in [2.45, 2.75) is 32.4 Å². The van der Waals surface area contributed by atoms with Crippen molar-refractivity contribution in [2.24, 2.45) is 0 Å². The Morgan fingerprint density at radius 2 is 2.04 bits per heavy atom. The number of hydrogen-bond acceptors (Lipinski definition) is 6. The van der Waals surface area contributed by atoms with Crippen molar-refractivity contribution in [3.05, 3.63) is 23.5 Å². The molecule has 1 saturated heterocycles. The number of pyridine rings is 1. The van der Waals surface area contributed by atoms with Crippen molar-refractivity contribution >= 4 is 28.3 Å². The molecule has 0 spiro atoms. The molecule has 1 aliphatic heterocycles. The van der Waals surface area contributed by atoms with Crippen molar-refractivity contribution in [3.63, 3.8) is 0 Å². The Labute approximate surface area is 144 Å². The molecule has 0 radical (unpaired) electrons. The van der Waals surface area contributed by atoms with E-state index in [-0.39, 0.29) is 22.3 Å². The van der Waals surface area contributed by atoms with Crippen molar-refractivity contribution in [2.75, 3.05) is 24.5 Å². The van der Waals surface area contributed by atoms with E-state index in [4.69, 9.17) is 11.6 Å². The highest BCUT2D eigenvalue weighted by Crippen LogP contribution is 2.29. The van der Waals surface area contributed by atoms with E-state index in [0.717, 1.165) is 6.54 Å². The molecule has 0 aliphatic carbocycles. The summed E-state index contributed by atoms with van der Waals surface area (Å²) < 4.78 is 14.1. The van der Waals surface area contributed by atoms with Gasteiger partial charge in [-0.1, -0.05) is 11.6 Å². The summed E-state index contributed by atoms with van der Waals surface area (Å²) in [6.45, 7) is 8.17. The van der Waals surface area contributed by atoms with Gasteiger partial charge in [-0.15, -0.1) is 0 Å². The monoisotopic (exact) mass is 348 g/mol. The molecule has 0 aromatic carbocycles. The van der Waals surface area contributed by atoms with Gasteiger partial charge < -0.3 is 4.90 Å². The summed E-state index contributed by atoms with van der Waals surface area (Å²) in [5.41, 5.74) is 0.0493. The first kappa shape index (κ1) is 16.8. The number of nitriles is 1. The molecular weight excluding hydrogens is 331 g/mol. The summed E-state index contributed by atoms with van der Waals surface area (Å²) >= 11 is 5.73. The molecule has 1 fully saturated rings. The molecule has 2 aromatic rings. The summed E-state index contributed by atoms with van der Waals surface area (Å²) in [7, 11) is 0. The fraction of sp³-hybridized carbons (Fsp3) is 0.500. The first-order chi connectivity index (χ1) is 11.3. The number of rotatable bonds is 1. The van der Waals surface area contributed by atoms with Crippen LogP contribution in [0.4, 0.5) is 10.2 Å². The molecule has 1 unspecified atom stereocenters. The summed E-state index contributed by atoms with van der Waals surface area (Å²) in [5, 5.41) is 9.83. The van der Waals surface area contributed by atoms with Crippen molar-refractivity contribution in [1.29, 1.82) is 5.26 Å². The highest BCUT2D eigenvalue weighted by atomic mass is 35.5. The van der Waals surface area contributed by atoms with Crippen LogP contribution in [0.2, 0.25) is 5.15 Å². The van der Waals surface area contributed by atoms with E-state index in [0.29, 0.717) is 24.3 Å². The van der Waals surface area contributed by atoms with Gasteiger partial charge in [0.15, 0.2) is 11.0 Å². The third kappa shape index (κ3) is 2.87. The van der Waals surface area contributed by atoms with Gasteiger partial charge in [0, 0.05) is 31.4 Å². The first-order valence-corrected chi connectivity index (χ1v) is 8.06. The van der Waals surface area contributed by atoms with E-state index >= 15 is 0 Å². The lowest BCUT2D eigenvalue weighted by Crippen LogP contribution is -2.59. The van der Waals surface area contributed by atoms with Crippen LogP contribution in [0.3, 0.4) is 0 Å². The highest BCUT2D eigenvalue weighted by Gasteiger charge is 2.35. The van der Waals surface area contributed by atoms with Crippen LogP contribution in [0.15, 0.2) is 12.5 Å². The number of nitrogens with zero attached hydrogens (tertiary/aromatic N) is 6. The molecule has 2 aromatic heterocycles. The average molecular weight is 349 g/mol. The fourth-order valence-corrected chi connectivity index (χ4v) is 3.23. The minimum Gasteiger partial charge on any atom is -0.352 e. The molecule has 3 rings (SSSR count). The molecule has 0 bridgehead atoms. The summed E-state index contributed by atoms with van der Waals surface area (Å²) in [6.07, 6.45) is 2.79. The van der Waals surface area contributed by atoms with Gasteiger partial charge in [0.05, 0.1) is 11.5 Å². The molecule has 0 saturated carbocycles. The van der Waals surface area contributed by atoms with Crippen LogP contribution in [-0.4, -0.2) is 51.1 Å². The number of hydrogen-bond donors (Lipinski definition) is 0. The van der Waals surface area contributed by atoms with Crippen molar-refractivity contribution < 1.29 is 4.39 Å². The van der Waals surface area contributed by atoms with Crippen LogP contribution in [0.1, 0.15) is 20.8 Å². The summed E-state index contributed by atoms with van der Waals surface area (Å²) in [5.74, 6) is -0.0696. The van der Waals surface area contributed by atoms with E-state index in [1.165, 1.54) is 12.5 Å². The normalized spacial score (nSPS) is 19.5. The standard InChI is InChI=1S/C16H18ClFN6/c1-16(2,3)24-5-4-23(8-10(24)6-19)15-11-7-20-14(17)12(18)13(11)21-9-22-15/h7,9-10H,4-5,8H2,1-3H3. The summed E-state index contributed by atoms with van der Waals surface area (Å²) in [4.78, 5) is 16.3. The quantitative estimate of drug-likeness (QED) is 0.738. The van der Waals surface area contributed by atoms with Gasteiger partial charge in [-0.25, -0.2) is 19.3 Å². The third-order valence-electron chi connectivity index (χ3n) is 4.25. The van der Waals surface area contributed by atoms with E-state index in [1.54, 1.807) is 0 Å². The Morgan fingerprint density at radius 3 is 2.71 bits per heavy atom. The van der Waals surface area contributed by atoms with Crippen molar-refractivity contribution in [1.82, 2.24) is 19.9 Å². The first-order valence-electron chi connectivity index (χ1n) is 7.69. The molecule has 6 nitrogen and oxygen atoms in total. The van der Waals surface area contributed by atoms with Crippen LogP contribution in [0.5, 0.6) is 0 Å². The van der Waals surface area contributed by atoms with Crippen LogP contribution < -0.4 is 4.90 Å². The second-order valence-corrected chi connectivity index (χ2v) is 7.14. The van der Waals surface area contributed by atoms with Crippen LogP contribution >= 0.6 is 11.6 Å². The van der Waals surface area contributed by atoms with Gasteiger partial charge in [-0.05, 0) is 20.8 Å². The Morgan fingerprint density at radius 1 is 1.29 bits per heavy atom. The predicted molar refractivity (Wildman–Crippen MR) is 90.4 cm³/mol. The largest absolute Gasteiger partial charge is 0.352 e. The number of anilines is 1. The van der Waals surface area contributed by atoms with E-state index in [2.05, 4.69) is 46.7 Å². The molecule has 8 heteroatoms. The van der Waals surface area contributed by atoms with Crippen LogP contribution in [0, 0.1) is 17.1 Å². The molecule has 1 atom stereocenters. The number of halogens is 2. The van der Waals surface area contributed by atoms with Crippen molar-refractivity contribution in [3.8, 4) is 6.07 Å². The highest BCUT2D eigenvalue weighted by molar-refractivity contribution is 6.30. The Hall–Kier alpha value is -2.04. The SMILES string of the molecule is CC(C)(C)N1CCN(c2ncnc3c(F)c(Cl)ncc23)CC1C#N. The minimum absolute atomic E-state index is 0.0958. The average Bonchev–Trinajstić information content (AvgIpc) is 2.56. The maximum Gasteiger partial charge on any atom is 0.186 e. The Balaban J connectivity index is 1.98. The van der Waals surface area contributed by atoms with Gasteiger partial charge in [-0.2, -0.15) is 5.26 Å². The lowest BCUT2D eigenvalue weighted by atomic mass is 10.0. The van der Waals surface area contributed by atoms with Crippen LogP contribution in [-0.2, 0) is 0 Å². The zero-order valence-electron chi connectivity index (χ0n) is 13.8. The minimum atomic E-state index is -0.650. The second kappa shape index (κ2) is 6.11. The maximum atomic E-state index is 14.1. The zero-order chi connectivity index (χ0) is 17.5. The van der Waals surface area contributed by atoms with Gasteiger partial charge >= 0.3 is 0 Å². The van der Waals surface area contributed by atoms with E-state index < -0.39 is 5.82 Å². The molecular formula is C16H18ClFN6. The molecule has 126 valence electrons. The zero-order valence-corrected chi connectivity index (χ0v) is 14.5. The lowest BCUT2D eigenvalue weighted by molar-refractivity contribution is 0.0965.